The zero-order chi connectivity index (χ0) is 12.2. The molecule has 3 rings (SSSR count). The van der Waals surface area contributed by atoms with Crippen LogP contribution in [0.1, 0.15) is 11.7 Å². The Kier molecular flexibility index (Phi) is 3.35. The highest BCUT2D eigenvalue weighted by molar-refractivity contribution is 5.58. The Bertz CT molecular complexity index is 507. The molecule has 1 aliphatic rings. The van der Waals surface area contributed by atoms with Crippen LogP contribution in [0, 0.1) is 0 Å². The van der Waals surface area contributed by atoms with Crippen LogP contribution in [-0.2, 0) is 4.74 Å². The van der Waals surface area contributed by atoms with Crippen LogP contribution in [0.3, 0.4) is 0 Å². The third-order valence-corrected chi connectivity index (χ3v) is 3.12. The number of hydrogen-bond acceptors (Lipinski definition) is 3. The van der Waals surface area contributed by atoms with Crippen LogP contribution in [0.5, 0.6) is 0 Å². The summed E-state index contributed by atoms with van der Waals surface area (Å²) in [7, 11) is 0. The summed E-state index contributed by atoms with van der Waals surface area (Å²) in [5.74, 6) is 0. The van der Waals surface area contributed by atoms with Gasteiger partial charge >= 0.3 is 0 Å². The van der Waals surface area contributed by atoms with E-state index < -0.39 is 0 Å². The van der Waals surface area contributed by atoms with Crippen molar-refractivity contribution in [1.29, 1.82) is 0 Å². The molecule has 92 valence electrons. The maximum atomic E-state index is 5.48. The number of rotatable bonds is 2. The summed E-state index contributed by atoms with van der Waals surface area (Å²) < 4.78 is 5.48. The van der Waals surface area contributed by atoms with Gasteiger partial charge in [-0.25, -0.2) is 0 Å². The summed E-state index contributed by atoms with van der Waals surface area (Å²) in [5, 5.41) is 3.43. The predicted octanol–water partition coefficient (Wildman–Crippen LogP) is 2.41. The molecule has 3 nitrogen and oxygen atoms in total. The molecule has 0 amide bonds. The Morgan fingerprint density at radius 1 is 1.06 bits per heavy atom. The van der Waals surface area contributed by atoms with Crippen molar-refractivity contribution < 1.29 is 4.74 Å². The zero-order valence-electron chi connectivity index (χ0n) is 10.2. The summed E-state index contributed by atoms with van der Waals surface area (Å²) in [6.07, 6.45) is 0. The smallest absolute Gasteiger partial charge is 0.0733 e. The Balaban J connectivity index is 1.89. The van der Waals surface area contributed by atoms with Gasteiger partial charge in [0.05, 0.1) is 30.6 Å². The third kappa shape index (κ3) is 2.42. The van der Waals surface area contributed by atoms with E-state index in [2.05, 4.69) is 29.6 Å². The molecule has 1 N–H and O–H groups in total. The van der Waals surface area contributed by atoms with Gasteiger partial charge in [-0.3, -0.25) is 4.98 Å². The van der Waals surface area contributed by atoms with Crippen LogP contribution in [0.25, 0.3) is 11.3 Å². The first-order valence-corrected chi connectivity index (χ1v) is 6.27. The van der Waals surface area contributed by atoms with Crippen molar-refractivity contribution in [3.63, 3.8) is 0 Å². The molecule has 1 atom stereocenters. The van der Waals surface area contributed by atoms with Crippen LogP contribution >= 0.6 is 0 Å². The standard InChI is InChI=1S/C15H16N2O/c1-2-5-12(6-3-1)13-7-4-8-14(17-13)15-11-18-10-9-16-15/h1-8,15-16H,9-11H2/t15-/m1/s1. The maximum Gasteiger partial charge on any atom is 0.0733 e. The second-order valence-electron chi connectivity index (χ2n) is 4.40. The molecule has 2 heterocycles. The lowest BCUT2D eigenvalue weighted by Crippen LogP contribution is -2.35. The molecule has 1 fully saturated rings. The Morgan fingerprint density at radius 2 is 1.94 bits per heavy atom. The summed E-state index contributed by atoms with van der Waals surface area (Å²) >= 11 is 0. The lowest BCUT2D eigenvalue weighted by Gasteiger charge is -2.23. The number of nitrogens with one attached hydrogen (secondary N) is 1. The molecule has 0 radical (unpaired) electrons. The lowest BCUT2D eigenvalue weighted by atomic mass is 10.1. The van der Waals surface area contributed by atoms with Crippen LogP contribution in [-0.4, -0.2) is 24.7 Å². The van der Waals surface area contributed by atoms with Gasteiger partial charge in [0, 0.05) is 12.1 Å². The first-order valence-electron chi connectivity index (χ1n) is 6.27. The second kappa shape index (κ2) is 5.29. The van der Waals surface area contributed by atoms with E-state index in [-0.39, 0.29) is 6.04 Å². The number of ether oxygens (including phenoxy) is 1. The average Bonchev–Trinajstić information content (AvgIpc) is 2.49. The number of hydrogen-bond donors (Lipinski definition) is 1. The second-order valence-corrected chi connectivity index (χ2v) is 4.40. The van der Waals surface area contributed by atoms with Gasteiger partial charge in [0.1, 0.15) is 0 Å². The SMILES string of the molecule is c1ccc(-c2cccc([C@H]3COCCN3)n2)cc1. The Labute approximate surface area is 107 Å². The fourth-order valence-electron chi connectivity index (χ4n) is 2.17. The molecule has 1 aromatic carbocycles. The molecule has 3 heteroatoms. The van der Waals surface area contributed by atoms with E-state index in [4.69, 9.17) is 9.72 Å². The lowest BCUT2D eigenvalue weighted by molar-refractivity contribution is 0.0756. The molecular formula is C15H16N2O. The molecular weight excluding hydrogens is 224 g/mol. The van der Waals surface area contributed by atoms with Crippen molar-refractivity contribution in [1.82, 2.24) is 10.3 Å². The molecule has 1 saturated heterocycles. The van der Waals surface area contributed by atoms with E-state index in [1.165, 1.54) is 0 Å². The summed E-state index contributed by atoms with van der Waals surface area (Å²) in [6.45, 7) is 2.38. The molecule has 0 unspecified atom stereocenters. The largest absolute Gasteiger partial charge is 0.378 e. The minimum absolute atomic E-state index is 0.211. The number of morpholine rings is 1. The molecule has 2 aromatic rings. The van der Waals surface area contributed by atoms with E-state index in [1.54, 1.807) is 0 Å². The quantitative estimate of drug-likeness (QED) is 0.875. The van der Waals surface area contributed by atoms with Crippen molar-refractivity contribution in [2.45, 2.75) is 6.04 Å². The van der Waals surface area contributed by atoms with Crippen LogP contribution in [0.4, 0.5) is 0 Å². The predicted molar refractivity (Wildman–Crippen MR) is 71.2 cm³/mol. The van der Waals surface area contributed by atoms with Gasteiger partial charge < -0.3 is 10.1 Å². The molecule has 1 aliphatic heterocycles. The number of benzene rings is 1. The van der Waals surface area contributed by atoms with Crippen molar-refractivity contribution in [3.05, 3.63) is 54.2 Å². The van der Waals surface area contributed by atoms with Crippen LogP contribution < -0.4 is 5.32 Å². The Morgan fingerprint density at radius 3 is 2.72 bits per heavy atom. The molecule has 0 aliphatic carbocycles. The molecule has 0 saturated carbocycles. The van der Waals surface area contributed by atoms with Gasteiger partial charge in [0.25, 0.3) is 0 Å². The van der Waals surface area contributed by atoms with E-state index in [1.807, 2.05) is 24.3 Å². The fourth-order valence-corrected chi connectivity index (χ4v) is 2.17. The maximum absolute atomic E-state index is 5.48. The summed E-state index contributed by atoms with van der Waals surface area (Å²) in [4.78, 5) is 4.72. The first kappa shape index (κ1) is 11.4. The van der Waals surface area contributed by atoms with Crippen molar-refractivity contribution in [2.75, 3.05) is 19.8 Å². The van der Waals surface area contributed by atoms with Gasteiger partial charge in [-0.2, -0.15) is 0 Å². The monoisotopic (exact) mass is 240 g/mol. The summed E-state index contributed by atoms with van der Waals surface area (Å²) in [6, 6.07) is 16.6. The third-order valence-electron chi connectivity index (χ3n) is 3.12. The van der Waals surface area contributed by atoms with Crippen LogP contribution in [0.15, 0.2) is 48.5 Å². The van der Waals surface area contributed by atoms with Gasteiger partial charge in [0.2, 0.25) is 0 Å². The van der Waals surface area contributed by atoms with Crippen molar-refractivity contribution >= 4 is 0 Å². The average molecular weight is 240 g/mol. The van der Waals surface area contributed by atoms with Gasteiger partial charge in [0.15, 0.2) is 0 Å². The van der Waals surface area contributed by atoms with Crippen molar-refractivity contribution in [2.24, 2.45) is 0 Å². The topological polar surface area (TPSA) is 34.1 Å². The fraction of sp³-hybridized carbons (Fsp3) is 0.267. The van der Waals surface area contributed by atoms with Gasteiger partial charge in [-0.1, -0.05) is 36.4 Å². The number of aromatic nitrogens is 1. The molecule has 1 aromatic heterocycles. The number of nitrogens with zero attached hydrogens (tertiary/aromatic N) is 1. The zero-order valence-corrected chi connectivity index (χ0v) is 10.2. The van der Waals surface area contributed by atoms with Crippen LogP contribution in [0.2, 0.25) is 0 Å². The van der Waals surface area contributed by atoms with E-state index in [0.717, 1.165) is 30.1 Å². The molecule has 0 bridgehead atoms. The van der Waals surface area contributed by atoms with Gasteiger partial charge in [-0.15, -0.1) is 0 Å². The highest BCUT2D eigenvalue weighted by atomic mass is 16.5. The normalized spacial score (nSPS) is 19.7. The minimum atomic E-state index is 0.211. The van der Waals surface area contributed by atoms with Crippen molar-refractivity contribution in [3.8, 4) is 11.3 Å². The Hall–Kier alpha value is -1.71. The van der Waals surface area contributed by atoms with Gasteiger partial charge in [-0.05, 0) is 12.1 Å². The first-order chi connectivity index (χ1) is 8.93. The van der Waals surface area contributed by atoms with E-state index in [0.29, 0.717) is 6.61 Å². The van der Waals surface area contributed by atoms with E-state index >= 15 is 0 Å². The summed E-state index contributed by atoms with van der Waals surface area (Å²) in [5.41, 5.74) is 3.22. The molecule has 0 spiro atoms. The highest BCUT2D eigenvalue weighted by Crippen LogP contribution is 2.20. The highest BCUT2D eigenvalue weighted by Gasteiger charge is 2.16. The minimum Gasteiger partial charge on any atom is -0.378 e. The van der Waals surface area contributed by atoms with E-state index in [9.17, 15) is 0 Å². The molecule has 18 heavy (non-hydrogen) atoms. The number of pyridine rings is 1.